The maximum absolute atomic E-state index is 13.1. The molecule has 0 bridgehead atoms. The molecule has 1 nitrogen and oxygen atoms in total. The quantitative estimate of drug-likeness (QED) is 0.722. The molecule has 2 unspecified atom stereocenters. The van der Waals surface area contributed by atoms with Crippen molar-refractivity contribution >= 4 is 11.6 Å². The van der Waals surface area contributed by atoms with Crippen LogP contribution in [0.15, 0.2) is 18.2 Å². The maximum atomic E-state index is 13.1. The third-order valence-electron chi connectivity index (χ3n) is 3.85. The van der Waals surface area contributed by atoms with E-state index in [0.717, 1.165) is 18.4 Å². The Kier molecular flexibility index (Phi) is 7.40. The Balaban J connectivity index is 2.73. The molecule has 1 aromatic carbocycles. The van der Waals surface area contributed by atoms with Gasteiger partial charge < -0.3 is 5.32 Å². The molecule has 0 aliphatic heterocycles. The van der Waals surface area contributed by atoms with Crippen molar-refractivity contribution in [2.75, 3.05) is 7.05 Å². The molecule has 108 valence electrons. The minimum Gasteiger partial charge on any atom is -0.316 e. The van der Waals surface area contributed by atoms with Crippen LogP contribution in [0.2, 0.25) is 5.02 Å². The van der Waals surface area contributed by atoms with E-state index in [9.17, 15) is 4.39 Å². The van der Waals surface area contributed by atoms with Crippen LogP contribution >= 0.6 is 11.6 Å². The molecule has 1 N–H and O–H groups in total. The number of likely N-dealkylation sites (N-methyl/N-ethyl adjacent to an activating group) is 1. The second-order valence-electron chi connectivity index (χ2n) is 5.15. The Hall–Kier alpha value is -0.600. The molecule has 19 heavy (non-hydrogen) atoms. The van der Waals surface area contributed by atoms with Crippen molar-refractivity contribution in [2.45, 2.75) is 52.0 Å². The topological polar surface area (TPSA) is 12.0 Å². The van der Waals surface area contributed by atoms with Gasteiger partial charge in [0, 0.05) is 11.1 Å². The van der Waals surface area contributed by atoms with E-state index in [4.69, 9.17) is 11.6 Å². The molecule has 1 aromatic rings. The van der Waals surface area contributed by atoms with Crippen LogP contribution < -0.4 is 5.32 Å². The average Bonchev–Trinajstić information content (AvgIpc) is 2.40. The largest absolute Gasteiger partial charge is 0.316 e. The summed E-state index contributed by atoms with van der Waals surface area (Å²) < 4.78 is 13.1. The molecule has 0 aliphatic carbocycles. The zero-order valence-corrected chi connectivity index (χ0v) is 12.9. The summed E-state index contributed by atoms with van der Waals surface area (Å²) in [6.07, 6.45) is 5.73. The van der Waals surface area contributed by atoms with Gasteiger partial charge in [0.15, 0.2) is 0 Å². The van der Waals surface area contributed by atoms with E-state index in [1.165, 1.54) is 31.4 Å². The van der Waals surface area contributed by atoms with Crippen molar-refractivity contribution < 1.29 is 4.39 Å². The molecule has 0 saturated heterocycles. The molecule has 0 amide bonds. The molecule has 0 aromatic heterocycles. The summed E-state index contributed by atoms with van der Waals surface area (Å²) in [7, 11) is 2.00. The highest BCUT2D eigenvalue weighted by Gasteiger charge is 2.19. The summed E-state index contributed by atoms with van der Waals surface area (Å²) >= 11 is 6.12. The van der Waals surface area contributed by atoms with Gasteiger partial charge in [0.25, 0.3) is 0 Å². The Bertz CT molecular complexity index is 381. The lowest BCUT2D eigenvalue weighted by atomic mass is 9.87. The number of hydrogen-bond donors (Lipinski definition) is 1. The van der Waals surface area contributed by atoms with Crippen molar-refractivity contribution in [3.63, 3.8) is 0 Å². The zero-order chi connectivity index (χ0) is 14.3. The summed E-state index contributed by atoms with van der Waals surface area (Å²) in [5, 5.41) is 3.93. The van der Waals surface area contributed by atoms with Crippen LogP contribution in [0.5, 0.6) is 0 Å². The lowest BCUT2D eigenvalue weighted by Crippen LogP contribution is -2.35. The zero-order valence-electron chi connectivity index (χ0n) is 12.2. The van der Waals surface area contributed by atoms with Crippen LogP contribution in [0, 0.1) is 11.7 Å². The second-order valence-corrected chi connectivity index (χ2v) is 5.55. The molecule has 2 atom stereocenters. The van der Waals surface area contributed by atoms with Crippen molar-refractivity contribution in [2.24, 2.45) is 5.92 Å². The molecule has 0 saturated carbocycles. The molecular weight excluding hydrogens is 261 g/mol. The number of nitrogens with one attached hydrogen (secondary N) is 1. The highest BCUT2D eigenvalue weighted by molar-refractivity contribution is 6.31. The summed E-state index contributed by atoms with van der Waals surface area (Å²) in [5.41, 5.74) is 1.03. The standard InChI is InChI=1S/C16H25ClFN/c1-4-6-7-12(5-2)16(19-3)10-13-8-9-14(18)11-15(13)17/h8-9,11-12,16,19H,4-7,10H2,1-3H3. The number of rotatable bonds is 8. The Morgan fingerprint density at radius 1 is 1.32 bits per heavy atom. The van der Waals surface area contributed by atoms with Crippen LogP contribution in [-0.4, -0.2) is 13.1 Å². The normalized spacial score (nSPS) is 14.4. The van der Waals surface area contributed by atoms with Gasteiger partial charge in [-0.1, -0.05) is 50.8 Å². The first kappa shape index (κ1) is 16.5. The van der Waals surface area contributed by atoms with Gasteiger partial charge in [-0.2, -0.15) is 0 Å². The molecular formula is C16H25ClFN. The van der Waals surface area contributed by atoms with Crippen molar-refractivity contribution in [1.29, 1.82) is 0 Å². The van der Waals surface area contributed by atoms with Gasteiger partial charge in [0.1, 0.15) is 5.82 Å². The van der Waals surface area contributed by atoms with Gasteiger partial charge in [-0.15, -0.1) is 0 Å². The van der Waals surface area contributed by atoms with Gasteiger partial charge in [0.2, 0.25) is 0 Å². The molecule has 0 spiro atoms. The minimum absolute atomic E-state index is 0.271. The van der Waals surface area contributed by atoms with Crippen molar-refractivity contribution in [3.05, 3.63) is 34.6 Å². The first-order valence-corrected chi connectivity index (χ1v) is 7.61. The molecule has 0 radical (unpaired) electrons. The van der Waals surface area contributed by atoms with E-state index in [0.29, 0.717) is 17.0 Å². The van der Waals surface area contributed by atoms with Crippen LogP contribution in [-0.2, 0) is 6.42 Å². The van der Waals surface area contributed by atoms with E-state index in [-0.39, 0.29) is 5.82 Å². The molecule has 1 rings (SSSR count). The van der Waals surface area contributed by atoms with E-state index >= 15 is 0 Å². The van der Waals surface area contributed by atoms with Crippen LogP contribution in [0.3, 0.4) is 0 Å². The summed E-state index contributed by atoms with van der Waals surface area (Å²) in [4.78, 5) is 0. The van der Waals surface area contributed by atoms with Crippen molar-refractivity contribution in [3.8, 4) is 0 Å². The summed E-state index contributed by atoms with van der Waals surface area (Å²) in [6.45, 7) is 4.45. The highest BCUT2D eigenvalue weighted by atomic mass is 35.5. The summed E-state index contributed by atoms with van der Waals surface area (Å²) in [5.74, 6) is 0.374. The maximum Gasteiger partial charge on any atom is 0.124 e. The Labute approximate surface area is 121 Å². The molecule has 0 fully saturated rings. The van der Waals surface area contributed by atoms with E-state index in [1.807, 2.05) is 7.05 Å². The third-order valence-corrected chi connectivity index (χ3v) is 4.20. The predicted molar refractivity (Wildman–Crippen MR) is 81.3 cm³/mol. The van der Waals surface area contributed by atoms with Crippen LogP contribution in [0.25, 0.3) is 0 Å². The van der Waals surface area contributed by atoms with E-state index in [1.54, 1.807) is 6.07 Å². The van der Waals surface area contributed by atoms with Crippen LogP contribution in [0.4, 0.5) is 4.39 Å². The smallest absolute Gasteiger partial charge is 0.124 e. The molecule has 0 aliphatic rings. The van der Waals surface area contributed by atoms with Gasteiger partial charge in [-0.25, -0.2) is 4.39 Å². The number of hydrogen-bond acceptors (Lipinski definition) is 1. The SMILES string of the molecule is CCCCC(CC)C(Cc1ccc(F)cc1Cl)NC. The van der Waals surface area contributed by atoms with Gasteiger partial charge >= 0.3 is 0 Å². The Morgan fingerprint density at radius 3 is 2.58 bits per heavy atom. The number of unbranched alkanes of at least 4 members (excludes halogenated alkanes) is 1. The molecule has 3 heteroatoms. The summed E-state index contributed by atoms with van der Waals surface area (Å²) in [6, 6.07) is 5.09. The first-order valence-electron chi connectivity index (χ1n) is 7.23. The lowest BCUT2D eigenvalue weighted by molar-refractivity contribution is 0.330. The predicted octanol–water partition coefficient (Wildman–Crippen LogP) is 4.83. The average molecular weight is 286 g/mol. The van der Waals surface area contributed by atoms with E-state index < -0.39 is 0 Å². The van der Waals surface area contributed by atoms with Crippen LogP contribution in [0.1, 0.15) is 45.1 Å². The fourth-order valence-corrected chi connectivity index (χ4v) is 2.83. The number of halogens is 2. The monoisotopic (exact) mass is 285 g/mol. The number of benzene rings is 1. The fraction of sp³-hybridized carbons (Fsp3) is 0.625. The third kappa shape index (κ3) is 5.12. The Morgan fingerprint density at radius 2 is 2.05 bits per heavy atom. The van der Waals surface area contributed by atoms with E-state index in [2.05, 4.69) is 19.2 Å². The highest BCUT2D eigenvalue weighted by Crippen LogP contribution is 2.24. The minimum atomic E-state index is -0.271. The lowest BCUT2D eigenvalue weighted by Gasteiger charge is -2.26. The molecule has 0 heterocycles. The van der Waals surface area contributed by atoms with Gasteiger partial charge in [-0.05, 0) is 43.5 Å². The fourth-order valence-electron chi connectivity index (χ4n) is 2.58. The van der Waals surface area contributed by atoms with Crippen molar-refractivity contribution in [1.82, 2.24) is 5.32 Å². The van der Waals surface area contributed by atoms with Gasteiger partial charge in [0.05, 0.1) is 0 Å². The first-order chi connectivity index (χ1) is 9.12. The second kappa shape index (κ2) is 8.55. The van der Waals surface area contributed by atoms with Gasteiger partial charge in [-0.3, -0.25) is 0 Å².